The van der Waals surface area contributed by atoms with Gasteiger partial charge in [0.1, 0.15) is 0 Å². The van der Waals surface area contributed by atoms with Crippen LogP contribution < -0.4 is 5.73 Å². The topological polar surface area (TPSA) is 43.8 Å². The average Bonchev–Trinajstić information content (AvgIpc) is 2.78. The molecule has 3 nitrogen and oxygen atoms in total. The number of rotatable bonds is 1. The van der Waals surface area contributed by atoms with Crippen LogP contribution in [0.4, 0.5) is 0 Å². The van der Waals surface area contributed by atoms with Crippen molar-refractivity contribution in [1.82, 2.24) is 9.78 Å². The minimum atomic E-state index is 0.341. The third-order valence-electron chi connectivity index (χ3n) is 2.98. The Morgan fingerprint density at radius 1 is 1.43 bits per heavy atom. The maximum atomic E-state index is 5.88. The van der Waals surface area contributed by atoms with Gasteiger partial charge in [-0.05, 0) is 12.5 Å². The molecule has 0 aliphatic heterocycles. The summed E-state index contributed by atoms with van der Waals surface area (Å²) in [5.74, 6) is 0.521. The summed E-state index contributed by atoms with van der Waals surface area (Å²) in [6, 6.07) is 8.59. The minimum Gasteiger partial charge on any atom is -0.327 e. The molecule has 2 atom stereocenters. The first kappa shape index (κ1) is 8.00. The summed E-state index contributed by atoms with van der Waals surface area (Å²) in [5.41, 5.74) is 8.25. The molecule has 0 bridgehead atoms. The van der Waals surface area contributed by atoms with Crippen LogP contribution in [0, 0.1) is 0 Å². The Balaban J connectivity index is 2.25. The summed E-state index contributed by atoms with van der Waals surface area (Å²) < 4.78 is 1.97. The van der Waals surface area contributed by atoms with E-state index < -0.39 is 0 Å². The molecule has 2 unspecified atom stereocenters. The molecule has 1 aliphatic rings. The van der Waals surface area contributed by atoms with Crippen molar-refractivity contribution < 1.29 is 0 Å². The first-order valence-electron chi connectivity index (χ1n) is 4.94. The zero-order chi connectivity index (χ0) is 9.71. The van der Waals surface area contributed by atoms with Gasteiger partial charge in [-0.3, -0.25) is 4.68 Å². The van der Waals surface area contributed by atoms with Gasteiger partial charge in [0, 0.05) is 24.4 Å². The number of hydrogen-bond donors (Lipinski definition) is 1. The molecular weight excluding hydrogens is 174 g/mol. The third-order valence-corrected chi connectivity index (χ3v) is 2.98. The van der Waals surface area contributed by atoms with E-state index in [1.165, 1.54) is 11.1 Å². The predicted molar refractivity (Wildman–Crippen MR) is 56.0 cm³/mol. The van der Waals surface area contributed by atoms with Crippen LogP contribution in [-0.4, -0.2) is 15.8 Å². The van der Waals surface area contributed by atoms with Gasteiger partial charge >= 0.3 is 0 Å². The van der Waals surface area contributed by atoms with E-state index in [4.69, 9.17) is 5.73 Å². The second kappa shape index (κ2) is 2.58. The van der Waals surface area contributed by atoms with Crippen molar-refractivity contribution in [2.75, 3.05) is 0 Å². The Kier molecular flexibility index (Phi) is 1.47. The molecule has 0 amide bonds. The highest BCUT2D eigenvalue weighted by Crippen LogP contribution is 2.41. The lowest BCUT2D eigenvalue weighted by Crippen LogP contribution is -2.04. The molecule has 72 valence electrons. The lowest BCUT2D eigenvalue weighted by molar-refractivity contribution is 0.717. The standard InChI is InChI=1S/C11H13N3/c1-14-11(8-6-9(8)12)7-4-2-3-5-10(7)13-14/h2-5,8-9H,6,12H2,1H3. The van der Waals surface area contributed by atoms with E-state index in [1.54, 1.807) is 0 Å². The van der Waals surface area contributed by atoms with Crippen LogP contribution in [0.25, 0.3) is 10.9 Å². The van der Waals surface area contributed by atoms with Crippen LogP contribution in [0.2, 0.25) is 0 Å². The van der Waals surface area contributed by atoms with Crippen LogP contribution in [0.5, 0.6) is 0 Å². The van der Waals surface area contributed by atoms with E-state index in [0.29, 0.717) is 12.0 Å². The molecule has 1 aromatic carbocycles. The largest absolute Gasteiger partial charge is 0.327 e. The minimum absolute atomic E-state index is 0.341. The van der Waals surface area contributed by atoms with Gasteiger partial charge in [-0.1, -0.05) is 18.2 Å². The van der Waals surface area contributed by atoms with Gasteiger partial charge in [-0.2, -0.15) is 5.10 Å². The lowest BCUT2D eigenvalue weighted by atomic mass is 10.1. The summed E-state index contributed by atoms with van der Waals surface area (Å²) in [7, 11) is 2.00. The fraction of sp³-hybridized carbons (Fsp3) is 0.364. The number of aromatic nitrogens is 2. The number of fused-ring (bicyclic) bond motifs is 1. The van der Waals surface area contributed by atoms with E-state index in [1.807, 2.05) is 23.9 Å². The molecule has 3 rings (SSSR count). The quantitative estimate of drug-likeness (QED) is 0.733. The van der Waals surface area contributed by atoms with Crippen LogP contribution >= 0.6 is 0 Å². The van der Waals surface area contributed by atoms with E-state index in [0.717, 1.165) is 11.9 Å². The number of nitrogens with two attached hydrogens (primary N) is 1. The van der Waals surface area contributed by atoms with Gasteiger partial charge in [-0.25, -0.2) is 0 Å². The van der Waals surface area contributed by atoms with E-state index >= 15 is 0 Å². The molecule has 0 radical (unpaired) electrons. The first-order valence-corrected chi connectivity index (χ1v) is 4.94. The Morgan fingerprint density at radius 3 is 2.86 bits per heavy atom. The van der Waals surface area contributed by atoms with Gasteiger partial charge in [0.15, 0.2) is 0 Å². The molecule has 1 aromatic heterocycles. The molecule has 1 aliphatic carbocycles. The smallest absolute Gasteiger partial charge is 0.0926 e. The average molecular weight is 187 g/mol. The van der Waals surface area contributed by atoms with Crippen LogP contribution in [-0.2, 0) is 7.05 Å². The molecule has 1 heterocycles. The molecule has 1 saturated carbocycles. The molecular formula is C11H13N3. The number of aryl methyl sites for hydroxylation is 1. The number of hydrogen-bond acceptors (Lipinski definition) is 2. The first-order chi connectivity index (χ1) is 6.77. The lowest BCUT2D eigenvalue weighted by Gasteiger charge is -1.99. The summed E-state index contributed by atoms with van der Waals surface area (Å²) in [5, 5.41) is 5.73. The summed E-state index contributed by atoms with van der Waals surface area (Å²) >= 11 is 0. The van der Waals surface area contributed by atoms with Crippen LogP contribution in [0.15, 0.2) is 24.3 Å². The van der Waals surface area contributed by atoms with Crippen molar-refractivity contribution in [3.63, 3.8) is 0 Å². The Hall–Kier alpha value is -1.35. The molecule has 1 fully saturated rings. The highest BCUT2D eigenvalue weighted by molar-refractivity contribution is 5.82. The molecule has 0 spiro atoms. The van der Waals surface area contributed by atoms with E-state index in [9.17, 15) is 0 Å². The fourth-order valence-corrected chi connectivity index (χ4v) is 2.14. The maximum Gasteiger partial charge on any atom is 0.0926 e. The predicted octanol–water partition coefficient (Wildman–Crippen LogP) is 1.39. The molecule has 2 aromatic rings. The third kappa shape index (κ3) is 0.990. The molecule has 3 heteroatoms. The van der Waals surface area contributed by atoms with E-state index in [2.05, 4.69) is 17.2 Å². The van der Waals surface area contributed by atoms with E-state index in [-0.39, 0.29) is 0 Å². The second-order valence-electron chi connectivity index (χ2n) is 4.03. The van der Waals surface area contributed by atoms with Crippen molar-refractivity contribution in [1.29, 1.82) is 0 Å². The Morgan fingerprint density at radius 2 is 2.14 bits per heavy atom. The monoisotopic (exact) mass is 187 g/mol. The highest BCUT2D eigenvalue weighted by atomic mass is 15.3. The molecule has 14 heavy (non-hydrogen) atoms. The number of benzene rings is 1. The Labute approximate surface area is 82.5 Å². The summed E-state index contributed by atoms with van der Waals surface area (Å²) in [6.07, 6.45) is 1.10. The van der Waals surface area contributed by atoms with Gasteiger partial charge in [0.2, 0.25) is 0 Å². The van der Waals surface area contributed by atoms with Gasteiger partial charge in [0.05, 0.1) is 11.2 Å². The molecule has 2 N–H and O–H groups in total. The summed E-state index contributed by atoms with van der Waals surface area (Å²) in [6.45, 7) is 0. The maximum absolute atomic E-state index is 5.88. The Bertz CT molecular complexity index is 486. The highest BCUT2D eigenvalue weighted by Gasteiger charge is 2.38. The normalized spacial score (nSPS) is 25.6. The van der Waals surface area contributed by atoms with Crippen molar-refractivity contribution in [2.24, 2.45) is 12.8 Å². The SMILES string of the molecule is Cn1nc2ccccc2c1C1CC1N. The van der Waals surface area contributed by atoms with Crippen molar-refractivity contribution in [2.45, 2.75) is 18.4 Å². The number of nitrogens with zero attached hydrogens (tertiary/aromatic N) is 2. The van der Waals surface area contributed by atoms with Crippen molar-refractivity contribution >= 4 is 10.9 Å². The summed E-state index contributed by atoms with van der Waals surface area (Å²) in [4.78, 5) is 0. The zero-order valence-corrected chi connectivity index (χ0v) is 8.14. The second-order valence-corrected chi connectivity index (χ2v) is 4.03. The van der Waals surface area contributed by atoms with Gasteiger partial charge < -0.3 is 5.73 Å². The van der Waals surface area contributed by atoms with Crippen LogP contribution in [0.3, 0.4) is 0 Å². The van der Waals surface area contributed by atoms with Crippen molar-refractivity contribution in [3.05, 3.63) is 30.0 Å². The fourth-order valence-electron chi connectivity index (χ4n) is 2.14. The van der Waals surface area contributed by atoms with Gasteiger partial charge in [0.25, 0.3) is 0 Å². The zero-order valence-electron chi connectivity index (χ0n) is 8.14. The molecule has 0 saturated heterocycles. The van der Waals surface area contributed by atoms with Gasteiger partial charge in [-0.15, -0.1) is 0 Å². The van der Waals surface area contributed by atoms with Crippen LogP contribution in [0.1, 0.15) is 18.0 Å². The van der Waals surface area contributed by atoms with Crippen molar-refractivity contribution in [3.8, 4) is 0 Å².